The summed E-state index contributed by atoms with van der Waals surface area (Å²) < 4.78 is 29.3. The highest BCUT2D eigenvalue weighted by atomic mass is 35.5. The maximum absolute atomic E-state index is 12.9. The Morgan fingerprint density at radius 2 is 1.91 bits per heavy atom. The lowest BCUT2D eigenvalue weighted by atomic mass is 10.2. The van der Waals surface area contributed by atoms with E-state index in [4.69, 9.17) is 11.6 Å². The number of thiazole rings is 1. The lowest BCUT2D eigenvalue weighted by Crippen LogP contribution is -2.53. The van der Waals surface area contributed by atoms with Crippen molar-refractivity contribution in [2.75, 3.05) is 29.3 Å². The molecule has 1 aliphatic rings. The first-order valence-corrected chi connectivity index (χ1v) is 13.4. The van der Waals surface area contributed by atoms with E-state index in [9.17, 15) is 18.0 Å². The summed E-state index contributed by atoms with van der Waals surface area (Å²) in [5.41, 5.74) is 1.35. The highest BCUT2D eigenvalue weighted by Gasteiger charge is 2.28. The van der Waals surface area contributed by atoms with E-state index in [0.717, 1.165) is 10.9 Å². The van der Waals surface area contributed by atoms with E-state index < -0.39 is 10.0 Å². The van der Waals surface area contributed by atoms with Gasteiger partial charge in [0.25, 0.3) is 10.0 Å². The number of hydrogen-bond acceptors (Lipinski definition) is 6. The standard InChI is InChI=1S/C23H20ClN5O4S2/c24-19-3-1-2-16-8-10-28(22(16)19)14-20(30)27-11-12-29(21(31)15-27)17-4-6-18(7-5-17)35(32,33)26-23-25-9-13-34-23/h1-10,13H,11-12,14-15H2,(H,25,26). The SMILES string of the molecule is O=C(Cn1ccc2cccc(Cl)c21)N1CCN(c2ccc(S(=O)(=O)Nc3nccs3)cc2)C(=O)C1. The van der Waals surface area contributed by atoms with Gasteiger partial charge in [-0.15, -0.1) is 11.3 Å². The van der Waals surface area contributed by atoms with Crippen LogP contribution in [0.5, 0.6) is 0 Å². The van der Waals surface area contributed by atoms with Crippen molar-refractivity contribution < 1.29 is 18.0 Å². The van der Waals surface area contributed by atoms with Crippen molar-refractivity contribution in [1.29, 1.82) is 0 Å². The van der Waals surface area contributed by atoms with E-state index in [0.29, 0.717) is 23.8 Å². The van der Waals surface area contributed by atoms with Gasteiger partial charge in [-0.25, -0.2) is 13.4 Å². The van der Waals surface area contributed by atoms with Gasteiger partial charge in [-0.1, -0.05) is 23.7 Å². The number of halogens is 1. The van der Waals surface area contributed by atoms with Crippen molar-refractivity contribution in [2.45, 2.75) is 11.4 Å². The number of para-hydroxylation sites is 1. The Labute approximate surface area is 210 Å². The van der Waals surface area contributed by atoms with Gasteiger partial charge in [0, 0.05) is 41.9 Å². The number of fused-ring (bicyclic) bond motifs is 1. The zero-order chi connectivity index (χ0) is 24.6. The summed E-state index contributed by atoms with van der Waals surface area (Å²) in [5, 5.41) is 3.46. The number of sulfonamides is 1. The molecule has 12 heteroatoms. The molecule has 0 aliphatic carbocycles. The minimum atomic E-state index is -3.78. The summed E-state index contributed by atoms with van der Waals surface area (Å²) in [7, 11) is -3.78. The highest BCUT2D eigenvalue weighted by molar-refractivity contribution is 7.93. The average molecular weight is 530 g/mol. The molecule has 2 aromatic carbocycles. The third-order valence-electron chi connectivity index (χ3n) is 5.73. The molecule has 2 aromatic heterocycles. The number of benzene rings is 2. The van der Waals surface area contributed by atoms with Crippen molar-refractivity contribution in [3.8, 4) is 0 Å². The molecule has 1 fully saturated rings. The van der Waals surface area contributed by atoms with Crippen molar-refractivity contribution >= 4 is 66.5 Å². The molecular formula is C23H20ClN5O4S2. The molecule has 35 heavy (non-hydrogen) atoms. The van der Waals surface area contributed by atoms with Crippen LogP contribution >= 0.6 is 22.9 Å². The number of hydrogen-bond donors (Lipinski definition) is 1. The van der Waals surface area contributed by atoms with E-state index in [2.05, 4.69) is 9.71 Å². The predicted molar refractivity (Wildman–Crippen MR) is 135 cm³/mol. The van der Waals surface area contributed by atoms with E-state index in [1.54, 1.807) is 33.0 Å². The molecule has 0 saturated carbocycles. The Hall–Kier alpha value is -3.41. The zero-order valence-electron chi connectivity index (χ0n) is 18.3. The van der Waals surface area contributed by atoms with E-state index in [1.807, 2.05) is 24.4 Å². The number of aromatic nitrogens is 2. The number of nitrogens with zero attached hydrogens (tertiary/aromatic N) is 4. The predicted octanol–water partition coefficient (Wildman–Crippen LogP) is 3.43. The van der Waals surface area contributed by atoms with Gasteiger partial charge < -0.3 is 14.4 Å². The Morgan fingerprint density at radius 3 is 2.63 bits per heavy atom. The van der Waals surface area contributed by atoms with Crippen LogP contribution < -0.4 is 9.62 Å². The third kappa shape index (κ3) is 4.75. The largest absolute Gasteiger partial charge is 0.337 e. The fraction of sp³-hybridized carbons (Fsp3) is 0.174. The lowest BCUT2D eigenvalue weighted by molar-refractivity contribution is -0.137. The van der Waals surface area contributed by atoms with Crippen LogP contribution in [0.2, 0.25) is 5.02 Å². The van der Waals surface area contributed by atoms with Gasteiger partial charge >= 0.3 is 0 Å². The quantitative estimate of drug-likeness (QED) is 0.412. The average Bonchev–Trinajstić information content (AvgIpc) is 3.49. The van der Waals surface area contributed by atoms with Crippen LogP contribution in [0.15, 0.2) is 71.2 Å². The van der Waals surface area contributed by atoms with Crippen molar-refractivity contribution in [3.05, 3.63) is 71.3 Å². The summed E-state index contributed by atoms with van der Waals surface area (Å²) in [6.07, 6.45) is 3.32. The summed E-state index contributed by atoms with van der Waals surface area (Å²) in [6.45, 7) is 0.695. The Morgan fingerprint density at radius 1 is 1.11 bits per heavy atom. The minimum absolute atomic E-state index is 0.0581. The van der Waals surface area contributed by atoms with E-state index in [1.165, 1.54) is 34.6 Å². The van der Waals surface area contributed by atoms with Gasteiger partial charge in [0.15, 0.2) is 5.13 Å². The molecule has 0 unspecified atom stereocenters. The fourth-order valence-electron chi connectivity index (χ4n) is 4.00. The molecule has 0 bridgehead atoms. The first kappa shape index (κ1) is 23.3. The molecule has 9 nitrogen and oxygen atoms in total. The van der Waals surface area contributed by atoms with Gasteiger partial charge in [0.2, 0.25) is 11.8 Å². The van der Waals surface area contributed by atoms with Gasteiger partial charge in [-0.2, -0.15) is 0 Å². The molecule has 1 N–H and O–H groups in total. The maximum Gasteiger partial charge on any atom is 0.263 e. The van der Waals surface area contributed by atoms with Crippen LogP contribution in [-0.4, -0.2) is 54.3 Å². The molecule has 1 saturated heterocycles. The summed E-state index contributed by atoms with van der Waals surface area (Å²) in [6, 6.07) is 13.5. The topological polar surface area (TPSA) is 105 Å². The number of anilines is 2. The summed E-state index contributed by atoms with van der Waals surface area (Å²) >= 11 is 7.49. The molecule has 5 rings (SSSR count). The van der Waals surface area contributed by atoms with Crippen LogP contribution in [0.4, 0.5) is 10.8 Å². The van der Waals surface area contributed by atoms with E-state index in [-0.39, 0.29) is 34.9 Å². The first-order chi connectivity index (χ1) is 16.8. The molecule has 2 amide bonds. The van der Waals surface area contributed by atoms with Gasteiger partial charge in [-0.3, -0.25) is 14.3 Å². The molecule has 4 aromatic rings. The number of piperazine rings is 1. The van der Waals surface area contributed by atoms with Crippen LogP contribution in [0.1, 0.15) is 0 Å². The summed E-state index contributed by atoms with van der Waals surface area (Å²) in [5.74, 6) is -0.415. The van der Waals surface area contributed by atoms with Crippen LogP contribution in [0.3, 0.4) is 0 Å². The number of carbonyl (C=O) groups excluding carboxylic acids is 2. The highest BCUT2D eigenvalue weighted by Crippen LogP contribution is 2.25. The molecule has 0 spiro atoms. The smallest absolute Gasteiger partial charge is 0.263 e. The van der Waals surface area contributed by atoms with Gasteiger partial charge in [0.05, 0.1) is 15.4 Å². The Kier molecular flexibility index (Phi) is 6.22. The van der Waals surface area contributed by atoms with Gasteiger partial charge in [-0.05, 0) is 36.4 Å². The van der Waals surface area contributed by atoms with Crippen molar-refractivity contribution in [1.82, 2.24) is 14.5 Å². The summed E-state index contributed by atoms with van der Waals surface area (Å²) in [4.78, 5) is 32.8. The Bertz CT molecular complexity index is 1500. The molecule has 3 heterocycles. The number of nitrogens with one attached hydrogen (secondary N) is 1. The number of rotatable bonds is 6. The van der Waals surface area contributed by atoms with Crippen LogP contribution in [-0.2, 0) is 26.2 Å². The maximum atomic E-state index is 12.9. The second kappa shape index (κ2) is 9.33. The monoisotopic (exact) mass is 529 g/mol. The van der Waals surface area contributed by atoms with Crippen molar-refractivity contribution in [2.24, 2.45) is 0 Å². The second-order valence-electron chi connectivity index (χ2n) is 7.92. The third-order valence-corrected chi connectivity index (χ3v) is 8.21. The number of carbonyl (C=O) groups is 2. The zero-order valence-corrected chi connectivity index (χ0v) is 20.7. The van der Waals surface area contributed by atoms with Crippen molar-refractivity contribution in [3.63, 3.8) is 0 Å². The first-order valence-electron chi connectivity index (χ1n) is 10.7. The fourth-order valence-corrected chi connectivity index (χ4v) is 6.08. The minimum Gasteiger partial charge on any atom is -0.337 e. The number of amides is 2. The Balaban J connectivity index is 1.24. The molecule has 0 radical (unpaired) electrons. The normalized spacial score (nSPS) is 14.5. The van der Waals surface area contributed by atoms with Gasteiger partial charge in [0.1, 0.15) is 13.1 Å². The lowest BCUT2D eigenvalue weighted by Gasteiger charge is -2.34. The molecule has 180 valence electrons. The van der Waals surface area contributed by atoms with E-state index >= 15 is 0 Å². The van der Waals surface area contributed by atoms with Crippen LogP contribution in [0.25, 0.3) is 10.9 Å². The second-order valence-corrected chi connectivity index (χ2v) is 10.9. The molecular weight excluding hydrogens is 510 g/mol. The molecule has 0 atom stereocenters. The van der Waals surface area contributed by atoms with Crippen LogP contribution in [0, 0.1) is 0 Å². The molecule has 1 aliphatic heterocycles.